The van der Waals surface area contributed by atoms with Crippen LogP contribution in [0.1, 0.15) is 11.1 Å². The zero-order valence-electron chi connectivity index (χ0n) is 13.5. The summed E-state index contributed by atoms with van der Waals surface area (Å²) < 4.78 is 25.5. The van der Waals surface area contributed by atoms with Gasteiger partial charge in [0.05, 0.1) is 5.52 Å². The van der Waals surface area contributed by atoms with Crippen molar-refractivity contribution in [3.63, 3.8) is 0 Å². The summed E-state index contributed by atoms with van der Waals surface area (Å²) in [6.45, 7) is 0.550. The number of halogens is 1. The zero-order chi connectivity index (χ0) is 18.0. The van der Waals surface area contributed by atoms with Crippen molar-refractivity contribution in [2.75, 3.05) is 6.26 Å². The number of fused-ring (bicyclic) bond motifs is 1. The molecule has 126 valence electrons. The minimum Gasteiger partial charge on any atom is -0.327 e. The van der Waals surface area contributed by atoms with Gasteiger partial charge in [-0.1, -0.05) is 60.1 Å². The molecule has 0 radical (unpaired) electrons. The van der Waals surface area contributed by atoms with Crippen LogP contribution >= 0.6 is 11.6 Å². The first kappa shape index (κ1) is 17.3. The Balaban J connectivity index is 2.23. The summed E-state index contributed by atoms with van der Waals surface area (Å²) in [5.74, 6) is 0. The van der Waals surface area contributed by atoms with E-state index in [1.54, 1.807) is 6.07 Å². The van der Waals surface area contributed by atoms with Gasteiger partial charge in [0, 0.05) is 23.8 Å². The number of aromatic nitrogens is 1. The SMILES string of the molecule is CS(=O)(=O)/C(C#N)=C\c1c(Cl)n(Cc2ccccc2)c2ccccc12. The molecule has 0 saturated carbocycles. The first-order valence-electron chi connectivity index (χ1n) is 7.54. The van der Waals surface area contributed by atoms with Crippen LogP contribution in [0.2, 0.25) is 5.15 Å². The van der Waals surface area contributed by atoms with Gasteiger partial charge in [-0.05, 0) is 17.7 Å². The van der Waals surface area contributed by atoms with E-state index in [2.05, 4.69) is 0 Å². The summed E-state index contributed by atoms with van der Waals surface area (Å²) >= 11 is 6.57. The Morgan fingerprint density at radius 3 is 2.44 bits per heavy atom. The minimum atomic E-state index is -3.62. The van der Waals surface area contributed by atoms with Crippen molar-refractivity contribution in [2.45, 2.75) is 6.54 Å². The van der Waals surface area contributed by atoms with E-state index in [0.29, 0.717) is 17.3 Å². The van der Waals surface area contributed by atoms with E-state index in [9.17, 15) is 13.7 Å². The highest BCUT2D eigenvalue weighted by Gasteiger charge is 2.18. The first-order chi connectivity index (χ1) is 11.9. The molecule has 0 atom stereocenters. The lowest BCUT2D eigenvalue weighted by molar-refractivity contribution is 0.609. The highest BCUT2D eigenvalue weighted by atomic mass is 35.5. The fraction of sp³-hybridized carbons (Fsp3) is 0.105. The third-order valence-corrected chi connectivity index (χ3v) is 5.33. The third kappa shape index (κ3) is 3.46. The lowest BCUT2D eigenvalue weighted by Crippen LogP contribution is -2.00. The second-order valence-electron chi connectivity index (χ2n) is 5.69. The van der Waals surface area contributed by atoms with E-state index in [1.807, 2.05) is 59.2 Å². The molecule has 0 saturated heterocycles. The number of nitriles is 1. The van der Waals surface area contributed by atoms with E-state index in [1.165, 1.54) is 6.08 Å². The van der Waals surface area contributed by atoms with Gasteiger partial charge in [-0.15, -0.1) is 0 Å². The van der Waals surface area contributed by atoms with Crippen molar-refractivity contribution in [1.82, 2.24) is 4.57 Å². The van der Waals surface area contributed by atoms with Crippen LogP contribution in [0.25, 0.3) is 17.0 Å². The quantitative estimate of drug-likeness (QED) is 0.645. The monoisotopic (exact) mass is 370 g/mol. The molecular weight excluding hydrogens is 356 g/mol. The fourth-order valence-electron chi connectivity index (χ4n) is 2.71. The lowest BCUT2D eigenvalue weighted by Gasteiger charge is -2.07. The van der Waals surface area contributed by atoms with E-state index < -0.39 is 9.84 Å². The highest BCUT2D eigenvalue weighted by Crippen LogP contribution is 2.33. The summed E-state index contributed by atoms with van der Waals surface area (Å²) in [5, 5.41) is 10.4. The van der Waals surface area contributed by atoms with Gasteiger partial charge in [0.1, 0.15) is 16.1 Å². The molecule has 1 heterocycles. The van der Waals surface area contributed by atoms with E-state index in [4.69, 9.17) is 11.6 Å². The summed E-state index contributed by atoms with van der Waals surface area (Å²) in [4.78, 5) is -0.308. The minimum absolute atomic E-state index is 0.308. The van der Waals surface area contributed by atoms with Crippen LogP contribution in [0, 0.1) is 11.3 Å². The summed E-state index contributed by atoms with van der Waals surface area (Å²) in [7, 11) is -3.62. The van der Waals surface area contributed by atoms with Crippen molar-refractivity contribution in [2.24, 2.45) is 0 Å². The van der Waals surface area contributed by atoms with Crippen LogP contribution in [0.3, 0.4) is 0 Å². The number of nitrogens with zero attached hydrogens (tertiary/aromatic N) is 2. The molecule has 0 unspecified atom stereocenters. The molecule has 1 aromatic heterocycles. The van der Waals surface area contributed by atoms with Gasteiger partial charge >= 0.3 is 0 Å². The molecule has 0 fully saturated rings. The number of para-hydroxylation sites is 1. The van der Waals surface area contributed by atoms with Gasteiger partial charge in [0.2, 0.25) is 0 Å². The maximum atomic E-state index is 11.8. The Hall–Kier alpha value is -2.55. The van der Waals surface area contributed by atoms with Gasteiger partial charge in [-0.25, -0.2) is 8.42 Å². The molecule has 0 amide bonds. The second-order valence-corrected chi connectivity index (χ2v) is 8.03. The molecule has 0 spiro atoms. The number of rotatable bonds is 4. The van der Waals surface area contributed by atoms with Crippen LogP contribution in [-0.4, -0.2) is 19.2 Å². The molecule has 0 aliphatic heterocycles. The van der Waals surface area contributed by atoms with E-state index >= 15 is 0 Å². The molecule has 2 aromatic carbocycles. The maximum absolute atomic E-state index is 11.8. The summed E-state index contributed by atoms with van der Waals surface area (Å²) in [6.07, 6.45) is 2.36. The zero-order valence-corrected chi connectivity index (χ0v) is 15.1. The van der Waals surface area contributed by atoms with E-state index in [-0.39, 0.29) is 4.91 Å². The van der Waals surface area contributed by atoms with Crippen LogP contribution in [0.5, 0.6) is 0 Å². The Morgan fingerprint density at radius 1 is 1.16 bits per heavy atom. The largest absolute Gasteiger partial charge is 0.327 e. The maximum Gasteiger partial charge on any atom is 0.185 e. The topological polar surface area (TPSA) is 62.9 Å². The van der Waals surface area contributed by atoms with Gasteiger partial charge in [0.15, 0.2) is 9.84 Å². The summed E-state index contributed by atoms with van der Waals surface area (Å²) in [5.41, 5.74) is 2.49. The van der Waals surface area contributed by atoms with Gasteiger partial charge < -0.3 is 4.57 Å². The molecule has 0 aliphatic carbocycles. The smallest absolute Gasteiger partial charge is 0.185 e. The summed E-state index contributed by atoms with van der Waals surface area (Å²) in [6, 6.07) is 19.1. The molecule has 3 rings (SSSR count). The predicted molar refractivity (Wildman–Crippen MR) is 101 cm³/mol. The third-order valence-electron chi connectivity index (χ3n) is 3.91. The van der Waals surface area contributed by atoms with Crippen LogP contribution in [0.15, 0.2) is 59.5 Å². The molecule has 6 heteroatoms. The number of hydrogen-bond acceptors (Lipinski definition) is 3. The number of sulfone groups is 1. The van der Waals surface area contributed by atoms with Gasteiger partial charge in [-0.3, -0.25) is 0 Å². The molecule has 4 nitrogen and oxygen atoms in total. The average molecular weight is 371 g/mol. The van der Waals surface area contributed by atoms with Crippen LogP contribution < -0.4 is 0 Å². The number of allylic oxidation sites excluding steroid dienone is 1. The first-order valence-corrected chi connectivity index (χ1v) is 9.81. The van der Waals surface area contributed by atoms with E-state index in [0.717, 1.165) is 22.7 Å². The van der Waals surface area contributed by atoms with Crippen molar-refractivity contribution >= 4 is 38.4 Å². The Kier molecular flexibility index (Phi) is 4.67. The molecule has 25 heavy (non-hydrogen) atoms. The molecule has 3 aromatic rings. The van der Waals surface area contributed by atoms with Crippen molar-refractivity contribution in [1.29, 1.82) is 5.26 Å². The molecule has 0 N–H and O–H groups in total. The fourth-order valence-corrected chi connectivity index (χ4v) is 3.52. The lowest BCUT2D eigenvalue weighted by atomic mass is 10.1. The number of hydrogen-bond donors (Lipinski definition) is 0. The van der Waals surface area contributed by atoms with Crippen molar-refractivity contribution in [3.05, 3.63) is 75.8 Å². The molecule has 0 bridgehead atoms. The van der Waals surface area contributed by atoms with Gasteiger partial charge in [-0.2, -0.15) is 5.26 Å². The Labute approximate surface area is 151 Å². The van der Waals surface area contributed by atoms with Crippen LogP contribution in [0.4, 0.5) is 0 Å². The predicted octanol–water partition coefficient (Wildman–Crippen LogP) is 4.25. The van der Waals surface area contributed by atoms with Crippen molar-refractivity contribution < 1.29 is 8.42 Å². The standard InChI is InChI=1S/C19H15ClN2O2S/c1-25(23,24)15(12-21)11-17-16-9-5-6-10-18(16)22(19(17)20)13-14-7-3-2-4-8-14/h2-11H,13H2,1H3/b15-11-. The highest BCUT2D eigenvalue weighted by molar-refractivity contribution is 7.95. The Bertz CT molecular complexity index is 1110. The molecular formula is C19H15ClN2O2S. The molecule has 0 aliphatic rings. The Morgan fingerprint density at radius 2 is 1.80 bits per heavy atom. The average Bonchev–Trinajstić information content (AvgIpc) is 2.85. The van der Waals surface area contributed by atoms with Crippen molar-refractivity contribution in [3.8, 4) is 6.07 Å². The number of benzene rings is 2. The second kappa shape index (κ2) is 6.75. The van der Waals surface area contributed by atoms with Crippen LogP contribution in [-0.2, 0) is 16.4 Å². The van der Waals surface area contributed by atoms with Gasteiger partial charge in [0.25, 0.3) is 0 Å². The normalized spacial score (nSPS) is 12.3.